The Balaban J connectivity index is 1.68. The Morgan fingerprint density at radius 1 is 1.27 bits per heavy atom. The lowest BCUT2D eigenvalue weighted by Gasteiger charge is -2.33. The second-order valence-electron chi connectivity index (χ2n) is 6.07. The van der Waals surface area contributed by atoms with E-state index in [1.165, 1.54) is 11.3 Å². The second kappa shape index (κ2) is 6.80. The van der Waals surface area contributed by atoms with Crippen molar-refractivity contribution < 1.29 is 14.3 Å². The Hall–Kier alpha value is -2.86. The molecular formula is C20H18N2O3S. The third-order valence-corrected chi connectivity index (χ3v) is 5.24. The van der Waals surface area contributed by atoms with Gasteiger partial charge in [-0.1, -0.05) is 30.3 Å². The molecule has 132 valence electrons. The number of anilines is 1. The van der Waals surface area contributed by atoms with Crippen LogP contribution in [0.15, 0.2) is 54.7 Å². The maximum Gasteiger partial charge on any atom is 0.270 e. The van der Waals surface area contributed by atoms with Crippen LogP contribution in [0.25, 0.3) is 10.6 Å². The van der Waals surface area contributed by atoms with Crippen molar-refractivity contribution in [1.82, 2.24) is 4.98 Å². The smallest absolute Gasteiger partial charge is 0.270 e. The number of carbonyl (C=O) groups excluding carboxylic acids is 1. The minimum atomic E-state index is -0.0821. The normalized spacial score (nSPS) is 15.9. The summed E-state index contributed by atoms with van der Waals surface area (Å²) in [6.07, 6.45) is 1.57. The van der Waals surface area contributed by atoms with Gasteiger partial charge in [0.25, 0.3) is 5.91 Å². The lowest BCUT2D eigenvalue weighted by Crippen LogP contribution is -2.42. The molecular weight excluding hydrogens is 348 g/mol. The Labute approximate surface area is 155 Å². The number of hydrogen-bond donors (Lipinski definition) is 0. The maximum absolute atomic E-state index is 13.2. The number of thiazole rings is 1. The first-order valence-corrected chi connectivity index (χ1v) is 9.15. The molecule has 6 heteroatoms. The van der Waals surface area contributed by atoms with Gasteiger partial charge < -0.3 is 14.4 Å². The van der Waals surface area contributed by atoms with Crippen molar-refractivity contribution in [2.45, 2.75) is 13.0 Å². The van der Waals surface area contributed by atoms with Crippen LogP contribution < -0.4 is 14.4 Å². The van der Waals surface area contributed by atoms with E-state index in [2.05, 4.69) is 4.98 Å². The van der Waals surface area contributed by atoms with Gasteiger partial charge in [-0.25, -0.2) is 4.98 Å². The first kappa shape index (κ1) is 16.6. The average Bonchev–Trinajstić information content (AvgIpc) is 3.17. The number of nitrogens with zero attached hydrogens (tertiary/aromatic N) is 2. The molecule has 0 radical (unpaired) electrons. The summed E-state index contributed by atoms with van der Waals surface area (Å²) in [4.78, 5) is 19.9. The van der Waals surface area contributed by atoms with Crippen molar-refractivity contribution in [1.29, 1.82) is 0 Å². The average molecular weight is 366 g/mol. The topological polar surface area (TPSA) is 51.7 Å². The molecule has 0 saturated heterocycles. The molecule has 5 nitrogen and oxygen atoms in total. The zero-order valence-corrected chi connectivity index (χ0v) is 15.3. The monoisotopic (exact) mass is 366 g/mol. The van der Waals surface area contributed by atoms with Crippen molar-refractivity contribution >= 4 is 22.9 Å². The summed E-state index contributed by atoms with van der Waals surface area (Å²) in [6.45, 7) is 2.44. The number of carbonyl (C=O) groups is 1. The third kappa shape index (κ3) is 3.04. The largest absolute Gasteiger partial charge is 0.497 e. The van der Waals surface area contributed by atoms with Gasteiger partial charge >= 0.3 is 0 Å². The Morgan fingerprint density at radius 2 is 2.08 bits per heavy atom. The molecule has 0 bridgehead atoms. The quantitative estimate of drug-likeness (QED) is 0.695. The van der Waals surface area contributed by atoms with Crippen molar-refractivity contribution in [3.05, 3.63) is 59.6 Å². The highest BCUT2D eigenvalue weighted by molar-refractivity contribution is 7.17. The van der Waals surface area contributed by atoms with Gasteiger partial charge in [0.15, 0.2) is 0 Å². The first-order valence-electron chi connectivity index (χ1n) is 8.33. The summed E-state index contributed by atoms with van der Waals surface area (Å²) in [7, 11) is 1.61. The SMILES string of the molecule is COc1ccc2c(c1)N(C(=O)c1cnc(-c3ccccc3)s1)C[C@@H](C)O2. The van der Waals surface area contributed by atoms with Crippen LogP contribution in [0.2, 0.25) is 0 Å². The van der Waals surface area contributed by atoms with E-state index < -0.39 is 0 Å². The van der Waals surface area contributed by atoms with E-state index in [1.54, 1.807) is 18.2 Å². The van der Waals surface area contributed by atoms with Gasteiger partial charge in [-0.05, 0) is 19.1 Å². The molecule has 0 N–H and O–H groups in total. The molecule has 0 saturated carbocycles. The molecule has 2 heterocycles. The molecule has 1 amide bonds. The highest BCUT2D eigenvalue weighted by Crippen LogP contribution is 2.38. The van der Waals surface area contributed by atoms with E-state index in [-0.39, 0.29) is 12.0 Å². The first-order chi connectivity index (χ1) is 12.7. The molecule has 0 aliphatic carbocycles. The summed E-state index contributed by atoms with van der Waals surface area (Å²) in [5, 5.41) is 0.834. The molecule has 0 spiro atoms. The Kier molecular flexibility index (Phi) is 4.34. The zero-order chi connectivity index (χ0) is 18.1. The molecule has 1 atom stereocenters. The molecule has 3 aromatic rings. The van der Waals surface area contributed by atoms with Gasteiger partial charge in [0.05, 0.1) is 25.5 Å². The number of ether oxygens (including phenoxy) is 2. The Morgan fingerprint density at radius 3 is 2.85 bits per heavy atom. The van der Waals surface area contributed by atoms with E-state index in [0.29, 0.717) is 22.9 Å². The molecule has 4 rings (SSSR count). The minimum absolute atomic E-state index is 0.0747. The van der Waals surface area contributed by atoms with Crippen LogP contribution in [0.4, 0.5) is 5.69 Å². The lowest BCUT2D eigenvalue weighted by atomic mass is 10.2. The minimum Gasteiger partial charge on any atom is -0.497 e. The van der Waals surface area contributed by atoms with E-state index in [9.17, 15) is 4.79 Å². The predicted octanol–water partition coefficient (Wildman–Crippen LogP) is 4.25. The van der Waals surface area contributed by atoms with Gasteiger partial charge in [-0.15, -0.1) is 11.3 Å². The van der Waals surface area contributed by atoms with Gasteiger partial charge in [-0.3, -0.25) is 4.79 Å². The molecule has 0 unspecified atom stereocenters. The standard InChI is InChI=1S/C20H18N2O3S/c1-13-12-22(16-10-15(24-2)8-9-17(16)25-13)20(23)18-11-21-19(26-18)14-6-4-3-5-7-14/h3-11,13H,12H2,1-2H3/t13-/m1/s1. The highest BCUT2D eigenvalue weighted by atomic mass is 32.1. The van der Waals surface area contributed by atoms with Crippen LogP contribution in [0.3, 0.4) is 0 Å². The van der Waals surface area contributed by atoms with Crippen LogP contribution in [-0.4, -0.2) is 30.6 Å². The van der Waals surface area contributed by atoms with Gasteiger partial charge in [0, 0.05) is 11.6 Å². The fraction of sp³-hybridized carbons (Fsp3) is 0.200. The van der Waals surface area contributed by atoms with Crippen molar-refractivity contribution in [2.24, 2.45) is 0 Å². The number of methoxy groups -OCH3 is 1. The number of hydrogen-bond acceptors (Lipinski definition) is 5. The van der Waals surface area contributed by atoms with Gasteiger partial charge in [0.1, 0.15) is 27.5 Å². The predicted molar refractivity (Wildman–Crippen MR) is 102 cm³/mol. The number of amides is 1. The van der Waals surface area contributed by atoms with Crippen molar-refractivity contribution in [3.63, 3.8) is 0 Å². The van der Waals surface area contributed by atoms with E-state index in [4.69, 9.17) is 9.47 Å². The molecule has 1 aliphatic rings. The van der Waals surface area contributed by atoms with Gasteiger partial charge in [-0.2, -0.15) is 0 Å². The number of aromatic nitrogens is 1. The van der Waals surface area contributed by atoms with Gasteiger partial charge in [0.2, 0.25) is 0 Å². The second-order valence-corrected chi connectivity index (χ2v) is 7.10. The number of benzene rings is 2. The van der Waals surface area contributed by atoms with E-state index in [0.717, 1.165) is 16.3 Å². The van der Waals surface area contributed by atoms with Crippen LogP contribution in [0.1, 0.15) is 16.6 Å². The molecule has 1 aliphatic heterocycles. The lowest BCUT2D eigenvalue weighted by molar-refractivity contribution is 0.0964. The van der Waals surface area contributed by atoms with Crippen LogP contribution in [0.5, 0.6) is 11.5 Å². The van der Waals surface area contributed by atoms with E-state index >= 15 is 0 Å². The van der Waals surface area contributed by atoms with Crippen molar-refractivity contribution in [3.8, 4) is 22.1 Å². The number of rotatable bonds is 3. The van der Waals surface area contributed by atoms with Crippen LogP contribution in [0, 0.1) is 0 Å². The van der Waals surface area contributed by atoms with Crippen molar-refractivity contribution in [2.75, 3.05) is 18.6 Å². The Bertz CT molecular complexity index is 939. The fourth-order valence-electron chi connectivity index (χ4n) is 2.96. The summed E-state index contributed by atoms with van der Waals surface area (Å²) in [6, 6.07) is 15.4. The van der Waals surface area contributed by atoms with E-state index in [1.807, 2.05) is 55.5 Å². The third-order valence-electron chi connectivity index (χ3n) is 4.21. The van der Waals surface area contributed by atoms with Crippen LogP contribution in [-0.2, 0) is 0 Å². The molecule has 0 fully saturated rings. The fourth-order valence-corrected chi connectivity index (χ4v) is 3.83. The zero-order valence-electron chi connectivity index (χ0n) is 14.5. The summed E-state index contributed by atoms with van der Waals surface area (Å²) >= 11 is 1.40. The number of fused-ring (bicyclic) bond motifs is 1. The molecule has 2 aromatic carbocycles. The summed E-state index contributed by atoms with van der Waals surface area (Å²) in [5.41, 5.74) is 1.73. The molecule has 1 aromatic heterocycles. The van der Waals surface area contributed by atoms with Crippen LogP contribution >= 0.6 is 11.3 Å². The summed E-state index contributed by atoms with van der Waals surface area (Å²) < 4.78 is 11.2. The maximum atomic E-state index is 13.2. The highest BCUT2D eigenvalue weighted by Gasteiger charge is 2.30. The molecule has 26 heavy (non-hydrogen) atoms. The summed E-state index contributed by atoms with van der Waals surface area (Å²) in [5.74, 6) is 1.30.